The van der Waals surface area contributed by atoms with Crippen molar-refractivity contribution in [3.8, 4) is 17.1 Å². The number of furan rings is 1. The van der Waals surface area contributed by atoms with E-state index in [1.807, 2.05) is 31.2 Å². The number of rotatable bonds is 3. The number of benzene rings is 1. The van der Waals surface area contributed by atoms with Crippen LogP contribution in [0, 0.1) is 6.92 Å². The van der Waals surface area contributed by atoms with Gasteiger partial charge in [0.25, 0.3) is 0 Å². The largest absolute Gasteiger partial charge is 0.463 e. The quantitative estimate of drug-likeness (QED) is 0.774. The van der Waals surface area contributed by atoms with Crippen LogP contribution in [0.15, 0.2) is 53.1 Å². The Morgan fingerprint density at radius 2 is 2.05 bits per heavy atom. The van der Waals surface area contributed by atoms with E-state index in [1.54, 1.807) is 29.1 Å². The van der Waals surface area contributed by atoms with E-state index in [-0.39, 0.29) is 0 Å². The molecule has 2 amide bonds. The number of amides is 2. The van der Waals surface area contributed by atoms with Crippen LogP contribution >= 0.6 is 0 Å². The van der Waals surface area contributed by atoms with E-state index in [2.05, 4.69) is 10.4 Å². The van der Waals surface area contributed by atoms with Crippen molar-refractivity contribution in [3.05, 3.63) is 54.3 Å². The molecule has 3 aromatic rings. The standard InChI is InChI=1S/C15H14N4O2/c1-10-4-6-11(7-5-10)19-14(17-15(16)20)9-12(18-19)13-3-2-8-21-13/h2-9H,1H3,(H3,16,17,20). The van der Waals surface area contributed by atoms with E-state index in [1.165, 1.54) is 0 Å². The summed E-state index contributed by atoms with van der Waals surface area (Å²) in [5.41, 5.74) is 7.79. The van der Waals surface area contributed by atoms with Crippen LogP contribution in [0.2, 0.25) is 0 Å². The molecule has 0 aliphatic carbocycles. The summed E-state index contributed by atoms with van der Waals surface area (Å²) >= 11 is 0. The Labute approximate surface area is 121 Å². The van der Waals surface area contributed by atoms with Crippen LogP contribution in [0.3, 0.4) is 0 Å². The Balaban J connectivity index is 2.08. The fourth-order valence-corrected chi connectivity index (χ4v) is 2.02. The third-order valence-electron chi connectivity index (χ3n) is 3.01. The minimum absolute atomic E-state index is 0.484. The second-order valence-corrected chi connectivity index (χ2v) is 4.63. The Hall–Kier alpha value is -3.02. The van der Waals surface area contributed by atoms with Crippen LogP contribution in [0.25, 0.3) is 17.1 Å². The predicted octanol–water partition coefficient (Wildman–Crippen LogP) is 2.93. The van der Waals surface area contributed by atoms with E-state index >= 15 is 0 Å². The first kappa shape index (κ1) is 13.0. The maximum Gasteiger partial charge on any atom is 0.317 e. The summed E-state index contributed by atoms with van der Waals surface area (Å²) in [6, 6.07) is 12.4. The molecular formula is C15H14N4O2. The van der Waals surface area contributed by atoms with Crippen LogP contribution in [0.5, 0.6) is 0 Å². The van der Waals surface area contributed by atoms with Crippen molar-refractivity contribution in [2.45, 2.75) is 6.92 Å². The second-order valence-electron chi connectivity index (χ2n) is 4.63. The van der Waals surface area contributed by atoms with E-state index in [0.29, 0.717) is 17.3 Å². The van der Waals surface area contributed by atoms with Gasteiger partial charge in [0.05, 0.1) is 12.0 Å². The average Bonchev–Trinajstić information content (AvgIpc) is 3.08. The van der Waals surface area contributed by atoms with E-state index in [9.17, 15) is 4.79 Å². The zero-order valence-corrected chi connectivity index (χ0v) is 11.4. The van der Waals surface area contributed by atoms with Gasteiger partial charge in [0, 0.05) is 6.07 Å². The molecule has 0 bridgehead atoms. The molecule has 0 saturated carbocycles. The molecule has 0 spiro atoms. The number of urea groups is 1. The van der Waals surface area contributed by atoms with Crippen LogP contribution in [0.1, 0.15) is 5.56 Å². The number of carbonyl (C=O) groups is 1. The molecular weight excluding hydrogens is 268 g/mol. The topological polar surface area (TPSA) is 86.1 Å². The monoisotopic (exact) mass is 282 g/mol. The first-order valence-electron chi connectivity index (χ1n) is 6.41. The number of carbonyl (C=O) groups excluding carboxylic acids is 1. The van der Waals surface area contributed by atoms with E-state index < -0.39 is 6.03 Å². The van der Waals surface area contributed by atoms with Crippen LogP contribution in [0.4, 0.5) is 10.6 Å². The van der Waals surface area contributed by atoms with Crippen LogP contribution in [-0.4, -0.2) is 15.8 Å². The third kappa shape index (κ3) is 2.64. The lowest BCUT2D eigenvalue weighted by Gasteiger charge is -2.07. The smallest absolute Gasteiger partial charge is 0.317 e. The molecule has 6 heteroatoms. The SMILES string of the molecule is Cc1ccc(-n2nc(-c3ccco3)cc2NC(N)=O)cc1. The van der Waals surface area contributed by atoms with Crippen molar-refractivity contribution in [2.75, 3.05) is 5.32 Å². The summed E-state index contributed by atoms with van der Waals surface area (Å²) in [6.45, 7) is 2.00. The predicted molar refractivity (Wildman–Crippen MR) is 79.2 cm³/mol. The molecule has 106 valence electrons. The lowest BCUT2D eigenvalue weighted by Crippen LogP contribution is -2.21. The minimum atomic E-state index is -0.644. The van der Waals surface area contributed by atoms with Crippen molar-refractivity contribution in [1.82, 2.24) is 9.78 Å². The highest BCUT2D eigenvalue weighted by Crippen LogP contribution is 2.25. The molecule has 6 nitrogen and oxygen atoms in total. The van der Waals surface area contributed by atoms with E-state index in [4.69, 9.17) is 10.2 Å². The molecule has 0 atom stereocenters. The first-order chi connectivity index (χ1) is 10.1. The highest BCUT2D eigenvalue weighted by Gasteiger charge is 2.13. The fraction of sp³-hybridized carbons (Fsp3) is 0.0667. The number of nitrogens with one attached hydrogen (secondary N) is 1. The van der Waals surface area contributed by atoms with Crippen LogP contribution in [-0.2, 0) is 0 Å². The average molecular weight is 282 g/mol. The molecule has 0 aliphatic heterocycles. The zero-order chi connectivity index (χ0) is 14.8. The lowest BCUT2D eigenvalue weighted by atomic mass is 10.2. The summed E-state index contributed by atoms with van der Waals surface area (Å²) < 4.78 is 6.94. The summed E-state index contributed by atoms with van der Waals surface area (Å²) in [5, 5.41) is 7.02. The van der Waals surface area contributed by atoms with Crippen molar-refractivity contribution in [1.29, 1.82) is 0 Å². The molecule has 21 heavy (non-hydrogen) atoms. The summed E-state index contributed by atoms with van der Waals surface area (Å²) in [6.07, 6.45) is 1.57. The van der Waals surface area contributed by atoms with Crippen molar-refractivity contribution in [2.24, 2.45) is 5.73 Å². The Morgan fingerprint density at radius 1 is 1.29 bits per heavy atom. The maximum absolute atomic E-state index is 11.1. The molecule has 0 unspecified atom stereocenters. The minimum Gasteiger partial charge on any atom is -0.463 e. The summed E-state index contributed by atoms with van der Waals surface area (Å²) in [4.78, 5) is 11.1. The molecule has 0 fully saturated rings. The molecule has 0 saturated heterocycles. The first-order valence-corrected chi connectivity index (χ1v) is 6.41. The summed E-state index contributed by atoms with van der Waals surface area (Å²) in [5.74, 6) is 1.10. The van der Waals surface area contributed by atoms with Crippen molar-refractivity contribution in [3.63, 3.8) is 0 Å². The number of hydrogen-bond acceptors (Lipinski definition) is 3. The van der Waals surface area contributed by atoms with Crippen molar-refractivity contribution < 1.29 is 9.21 Å². The van der Waals surface area contributed by atoms with Gasteiger partial charge in [0.1, 0.15) is 11.5 Å². The van der Waals surface area contributed by atoms with Gasteiger partial charge in [0.15, 0.2) is 5.76 Å². The van der Waals surface area contributed by atoms with Gasteiger partial charge in [-0.2, -0.15) is 5.10 Å². The van der Waals surface area contributed by atoms with Crippen molar-refractivity contribution >= 4 is 11.8 Å². The second kappa shape index (κ2) is 5.16. The molecule has 1 aromatic carbocycles. The Bertz CT molecular complexity index is 758. The zero-order valence-electron chi connectivity index (χ0n) is 11.4. The number of nitrogens with two attached hydrogens (primary N) is 1. The Kier molecular flexibility index (Phi) is 3.19. The number of anilines is 1. The van der Waals surface area contributed by atoms with Crippen LogP contribution < -0.4 is 11.1 Å². The third-order valence-corrected chi connectivity index (χ3v) is 3.01. The number of primary amides is 1. The van der Waals surface area contributed by atoms with Gasteiger partial charge >= 0.3 is 6.03 Å². The fourth-order valence-electron chi connectivity index (χ4n) is 2.02. The normalized spacial score (nSPS) is 10.5. The highest BCUT2D eigenvalue weighted by molar-refractivity contribution is 5.87. The Morgan fingerprint density at radius 3 is 2.67 bits per heavy atom. The number of aromatic nitrogens is 2. The molecule has 0 radical (unpaired) electrons. The van der Waals surface area contributed by atoms with Gasteiger partial charge in [-0.3, -0.25) is 5.32 Å². The molecule has 3 rings (SSSR count). The number of nitrogens with zero attached hydrogens (tertiary/aromatic N) is 2. The van der Waals surface area contributed by atoms with Gasteiger partial charge in [-0.1, -0.05) is 17.7 Å². The van der Waals surface area contributed by atoms with Gasteiger partial charge in [-0.05, 0) is 31.2 Å². The molecule has 2 heterocycles. The van der Waals surface area contributed by atoms with E-state index in [0.717, 1.165) is 11.3 Å². The van der Waals surface area contributed by atoms with Gasteiger partial charge in [-0.25, -0.2) is 9.48 Å². The summed E-state index contributed by atoms with van der Waals surface area (Å²) in [7, 11) is 0. The number of aryl methyl sites for hydroxylation is 1. The highest BCUT2D eigenvalue weighted by atomic mass is 16.3. The maximum atomic E-state index is 11.1. The molecule has 3 N–H and O–H groups in total. The number of hydrogen-bond donors (Lipinski definition) is 2. The molecule has 0 aliphatic rings. The van der Waals surface area contributed by atoms with Gasteiger partial charge < -0.3 is 10.2 Å². The van der Waals surface area contributed by atoms with Gasteiger partial charge in [0.2, 0.25) is 0 Å². The molecule has 2 aromatic heterocycles. The lowest BCUT2D eigenvalue weighted by molar-refractivity contribution is 0.259. The van der Waals surface area contributed by atoms with Gasteiger partial charge in [-0.15, -0.1) is 0 Å².